The van der Waals surface area contributed by atoms with E-state index < -0.39 is 5.82 Å². The van der Waals surface area contributed by atoms with Gasteiger partial charge in [0, 0.05) is 41.7 Å². The molecule has 1 amide bonds. The summed E-state index contributed by atoms with van der Waals surface area (Å²) in [4.78, 5) is 19.8. The van der Waals surface area contributed by atoms with E-state index in [1.165, 1.54) is 29.3 Å². The quantitative estimate of drug-likeness (QED) is 0.462. The Morgan fingerprint density at radius 1 is 1.04 bits per heavy atom. The van der Waals surface area contributed by atoms with Crippen LogP contribution in [0.3, 0.4) is 0 Å². The van der Waals surface area contributed by atoms with Crippen molar-refractivity contribution in [3.05, 3.63) is 90.1 Å². The Kier molecular flexibility index (Phi) is 5.01. The minimum atomic E-state index is -0.399. The lowest BCUT2D eigenvalue weighted by Gasteiger charge is -2.09. The third-order valence-electron chi connectivity index (χ3n) is 4.48. The number of carbonyl (C=O) groups is 1. The Balaban J connectivity index is 1.39. The number of halogens is 1. The molecule has 0 aliphatic heterocycles. The summed E-state index contributed by atoms with van der Waals surface area (Å²) >= 11 is 0. The van der Waals surface area contributed by atoms with Gasteiger partial charge in [-0.3, -0.25) is 9.78 Å². The lowest BCUT2D eigenvalue weighted by molar-refractivity contribution is 0.102. The number of pyridine rings is 1. The molecule has 0 saturated heterocycles. The predicted octanol–water partition coefficient (Wildman–Crippen LogP) is 4.61. The summed E-state index contributed by atoms with van der Waals surface area (Å²) in [5.41, 5.74) is 3.92. The summed E-state index contributed by atoms with van der Waals surface area (Å²) in [6.07, 6.45) is 6.02. The van der Waals surface area contributed by atoms with Crippen molar-refractivity contribution in [2.45, 2.75) is 6.42 Å². The standard InChI is InChI=1S/C22H19FN4O/c23-17-4-3-5-18(11-17)27-22(28)16-10-19(14-24-12-16)25-9-8-15-13-26-21-7-2-1-6-20(15)21/h1-7,10-14,25-26H,8-9H2,(H,27,28). The van der Waals surface area contributed by atoms with Crippen LogP contribution in [0.1, 0.15) is 15.9 Å². The maximum absolute atomic E-state index is 13.3. The number of rotatable bonds is 6. The molecule has 2 heterocycles. The van der Waals surface area contributed by atoms with Gasteiger partial charge in [-0.1, -0.05) is 24.3 Å². The van der Waals surface area contributed by atoms with Gasteiger partial charge < -0.3 is 15.6 Å². The SMILES string of the molecule is O=C(Nc1cccc(F)c1)c1cncc(NCCc2c[nH]c3ccccc23)c1. The number of benzene rings is 2. The minimum Gasteiger partial charge on any atom is -0.383 e. The van der Waals surface area contributed by atoms with Crippen LogP contribution in [-0.4, -0.2) is 22.4 Å². The van der Waals surface area contributed by atoms with E-state index in [9.17, 15) is 9.18 Å². The average Bonchev–Trinajstić information content (AvgIpc) is 3.11. The van der Waals surface area contributed by atoms with Crippen molar-refractivity contribution < 1.29 is 9.18 Å². The van der Waals surface area contributed by atoms with Crippen LogP contribution in [-0.2, 0) is 6.42 Å². The lowest BCUT2D eigenvalue weighted by Crippen LogP contribution is -2.13. The molecule has 0 spiro atoms. The van der Waals surface area contributed by atoms with E-state index in [0.29, 0.717) is 17.8 Å². The normalized spacial score (nSPS) is 10.8. The number of para-hydroxylation sites is 1. The van der Waals surface area contributed by atoms with Gasteiger partial charge >= 0.3 is 0 Å². The molecule has 28 heavy (non-hydrogen) atoms. The Morgan fingerprint density at radius 3 is 2.82 bits per heavy atom. The second-order valence-electron chi connectivity index (χ2n) is 6.46. The summed E-state index contributed by atoms with van der Waals surface area (Å²) in [7, 11) is 0. The number of fused-ring (bicyclic) bond motifs is 1. The number of hydrogen-bond acceptors (Lipinski definition) is 3. The molecule has 0 radical (unpaired) electrons. The number of hydrogen-bond donors (Lipinski definition) is 3. The van der Waals surface area contributed by atoms with Crippen molar-refractivity contribution in [1.29, 1.82) is 0 Å². The van der Waals surface area contributed by atoms with Gasteiger partial charge in [-0.15, -0.1) is 0 Å². The molecule has 5 nitrogen and oxygen atoms in total. The van der Waals surface area contributed by atoms with Crippen LogP contribution in [0.25, 0.3) is 10.9 Å². The first-order chi connectivity index (χ1) is 13.7. The summed E-state index contributed by atoms with van der Waals surface area (Å²) in [5.74, 6) is -0.734. The topological polar surface area (TPSA) is 69.8 Å². The summed E-state index contributed by atoms with van der Waals surface area (Å²) in [6.45, 7) is 0.707. The molecule has 0 fully saturated rings. The summed E-state index contributed by atoms with van der Waals surface area (Å²) < 4.78 is 13.3. The zero-order valence-corrected chi connectivity index (χ0v) is 15.1. The number of nitrogens with zero attached hydrogens (tertiary/aromatic N) is 1. The molecule has 0 saturated carbocycles. The number of H-pyrrole nitrogens is 1. The zero-order valence-electron chi connectivity index (χ0n) is 15.1. The number of aromatic amines is 1. The first-order valence-corrected chi connectivity index (χ1v) is 9.00. The van der Waals surface area contributed by atoms with Crippen LogP contribution in [0.4, 0.5) is 15.8 Å². The van der Waals surface area contributed by atoms with Crippen LogP contribution in [0.15, 0.2) is 73.2 Å². The molecule has 3 N–H and O–H groups in total. The van der Waals surface area contributed by atoms with Crippen LogP contribution in [0, 0.1) is 5.82 Å². The molecule has 0 unspecified atom stereocenters. The number of amides is 1. The van der Waals surface area contributed by atoms with Gasteiger partial charge in [0.05, 0.1) is 11.3 Å². The van der Waals surface area contributed by atoms with E-state index in [1.807, 2.05) is 18.3 Å². The van der Waals surface area contributed by atoms with Gasteiger partial charge in [0.1, 0.15) is 5.82 Å². The number of anilines is 2. The molecule has 6 heteroatoms. The third-order valence-corrected chi connectivity index (χ3v) is 4.48. The van der Waals surface area contributed by atoms with Crippen LogP contribution in [0.5, 0.6) is 0 Å². The van der Waals surface area contributed by atoms with Crippen molar-refractivity contribution in [3.63, 3.8) is 0 Å². The molecule has 2 aromatic carbocycles. The van der Waals surface area contributed by atoms with E-state index in [1.54, 1.807) is 24.4 Å². The second-order valence-corrected chi connectivity index (χ2v) is 6.46. The molecule has 0 atom stereocenters. The van der Waals surface area contributed by atoms with Gasteiger partial charge in [-0.05, 0) is 42.3 Å². The molecule has 0 bridgehead atoms. The van der Waals surface area contributed by atoms with Crippen molar-refractivity contribution in [2.75, 3.05) is 17.2 Å². The zero-order chi connectivity index (χ0) is 19.3. The molecule has 140 valence electrons. The van der Waals surface area contributed by atoms with Crippen LogP contribution in [0.2, 0.25) is 0 Å². The van der Waals surface area contributed by atoms with E-state index in [0.717, 1.165) is 17.6 Å². The highest BCUT2D eigenvalue weighted by Crippen LogP contribution is 2.18. The molecule has 4 rings (SSSR count). The predicted molar refractivity (Wildman–Crippen MR) is 109 cm³/mol. The fourth-order valence-electron chi connectivity index (χ4n) is 3.11. The van der Waals surface area contributed by atoms with Gasteiger partial charge in [0.15, 0.2) is 0 Å². The molecular formula is C22H19FN4O. The molecule has 0 aliphatic rings. The van der Waals surface area contributed by atoms with Crippen molar-refractivity contribution in [1.82, 2.24) is 9.97 Å². The van der Waals surface area contributed by atoms with Gasteiger partial charge in [-0.2, -0.15) is 0 Å². The Labute approximate surface area is 161 Å². The molecular weight excluding hydrogens is 355 g/mol. The van der Waals surface area contributed by atoms with Crippen molar-refractivity contribution >= 4 is 28.2 Å². The average molecular weight is 374 g/mol. The fraction of sp³-hybridized carbons (Fsp3) is 0.0909. The van der Waals surface area contributed by atoms with E-state index >= 15 is 0 Å². The Morgan fingerprint density at radius 2 is 1.93 bits per heavy atom. The van der Waals surface area contributed by atoms with Gasteiger partial charge in [0.25, 0.3) is 5.91 Å². The maximum Gasteiger partial charge on any atom is 0.257 e. The van der Waals surface area contributed by atoms with Crippen molar-refractivity contribution in [3.8, 4) is 0 Å². The smallest absolute Gasteiger partial charge is 0.257 e. The highest BCUT2D eigenvalue weighted by Gasteiger charge is 2.08. The fourth-order valence-corrected chi connectivity index (χ4v) is 3.11. The third kappa shape index (κ3) is 4.01. The van der Waals surface area contributed by atoms with E-state index in [2.05, 4.69) is 32.7 Å². The lowest BCUT2D eigenvalue weighted by atomic mass is 10.1. The maximum atomic E-state index is 13.3. The second kappa shape index (κ2) is 7.92. The van der Waals surface area contributed by atoms with Gasteiger partial charge in [0.2, 0.25) is 0 Å². The van der Waals surface area contributed by atoms with Crippen LogP contribution < -0.4 is 10.6 Å². The highest BCUT2D eigenvalue weighted by atomic mass is 19.1. The Hall–Kier alpha value is -3.67. The van der Waals surface area contributed by atoms with E-state index in [4.69, 9.17) is 0 Å². The highest BCUT2D eigenvalue weighted by molar-refractivity contribution is 6.04. The molecule has 0 aliphatic carbocycles. The summed E-state index contributed by atoms with van der Waals surface area (Å²) in [5, 5.41) is 7.19. The minimum absolute atomic E-state index is 0.335. The first-order valence-electron chi connectivity index (χ1n) is 9.00. The summed E-state index contributed by atoms with van der Waals surface area (Å²) in [6, 6.07) is 15.7. The molecule has 4 aromatic rings. The number of nitrogens with one attached hydrogen (secondary N) is 3. The number of carbonyl (C=O) groups excluding carboxylic acids is 1. The van der Waals surface area contributed by atoms with Crippen LogP contribution >= 0.6 is 0 Å². The first kappa shape index (κ1) is 17.7. The molecule has 2 aromatic heterocycles. The largest absolute Gasteiger partial charge is 0.383 e. The van der Waals surface area contributed by atoms with Gasteiger partial charge in [-0.25, -0.2) is 4.39 Å². The van der Waals surface area contributed by atoms with Crippen molar-refractivity contribution in [2.24, 2.45) is 0 Å². The Bertz CT molecular complexity index is 1120. The monoisotopic (exact) mass is 374 g/mol. The van der Waals surface area contributed by atoms with E-state index in [-0.39, 0.29) is 5.91 Å². The number of aromatic nitrogens is 2.